The van der Waals surface area contributed by atoms with Crippen molar-refractivity contribution >= 4 is 5.91 Å². The molecule has 0 atom stereocenters. The van der Waals surface area contributed by atoms with Gasteiger partial charge in [0.25, 0.3) is 0 Å². The molecule has 2 heterocycles. The van der Waals surface area contributed by atoms with Crippen LogP contribution in [0.15, 0.2) is 65.6 Å². The van der Waals surface area contributed by atoms with Gasteiger partial charge in [-0.3, -0.25) is 4.79 Å². The van der Waals surface area contributed by atoms with Gasteiger partial charge in [-0.15, -0.1) is 0 Å². The van der Waals surface area contributed by atoms with Crippen LogP contribution < -0.4 is 15.8 Å². The third kappa shape index (κ3) is 4.92. The van der Waals surface area contributed by atoms with Gasteiger partial charge < -0.3 is 20.2 Å². The van der Waals surface area contributed by atoms with E-state index in [1.165, 1.54) is 11.8 Å². The molecule has 0 aliphatic heterocycles. The summed E-state index contributed by atoms with van der Waals surface area (Å²) >= 11 is 0. The molecule has 25 heavy (non-hydrogen) atoms. The van der Waals surface area contributed by atoms with Gasteiger partial charge in [0, 0.05) is 24.4 Å². The highest BCUT2D eigenvalue weighted by Gasteiger charge is 2.03. The first-order valence-electron chi connectivity index (χ1n) is 7.95. The number of primary amides is 1. The lowest BCUT2D eigenvalue weighted by Crippen LogP contribution is -2.16. The Balaban J connectivity index is 1.47. The summed E-state index contributed by atoms with van der Waals surface area (Å²) in [6.45, 7) is 1.67. The van der Waals surface area contributed by atoms with E-state index in [0.717, 1.165) is 25.1 Å². The summed E-state index contributed by atoms with van der Waals surface area (Å²) in [5.41, 5.74) is 7.88. The van der Waals surface area contributed by atoms with E-state index in [4.69, 9.17) is 14.9 Å². The van der Waals surface area contributed by atoms with Crippen molar-refractivity contribution in [1.29, 1.82) is 0 Å². The molecule has 3 aromatic rings. The van der Waals surface area contributed by atoms with Crippen LogP contribution in [0.2, 0.25) is 0 Å². The molecule has 6 nitrogen and oxygen atoms in total. The van der Waals surface area contributed by atoms with Crippen LogP contribution in [0.4, 0.5) is 0 Å². The van der Waals surface area contributed by atoms with Crippen LogP contribution in [-0.4, -0.2) is 17.4 Å². The second-order valence-corrected chi connectivity index (χ2v) is 5.55. The summed E-state index contributed by atoms with van der Waals surface area (Å²) in [7, 11) is 0. The summed E-state index contributed by atoms with van der Waals surface area (Å²) in [4.78, 5) is 15.1. The van der Waals surface area contributed by atoms with Gasteiger partial charge in [-0.2, -0.15) is 0 Å². The van der Waals surface area contributed by atoms with Crippen LogP contribution in [-0.2, 0) is 13.0 Å². The number of aromatic nitrogens is 1. The Bertz CT molecular complexity index is 797. The zero-order valence-corrected chi connectivity index (χ0v) is 13.6. The summed E-state index contributed by atoms with van der Waals surface area (Å²) in [5.74, 6) is 0.596. The maximum Gasteiger partial charge on any atom is 0.250 e. The lowest BCUT2D eigenvalue weighted by molar-refractivity contribution is 0.1000. The van der Waals surface area contributed by atoms with E-state index in [9.17, 15) is 4.79 Å². The number of furan rings is 1. The highest BCUT2D eigenvalue weighted by molar-refractivity contribution is 5.92. The van der Waals surface area contributed by atoms with Gasteiger partial charge in [-0.05, 0) is 42.8 Å². The van der Waals surface area contributed by atoms with Gasteiger partial charge in [0.2, 0.25) is 11.8 Å². The number of hydrogen-bond donors (Lipinski definition) is 2. The number of pyridine rings is 1. The van der Waals surface area contributed by atoms with Crippen molar-refractivity contribution in [2.24, 2.45) is 5.73 Å². The maximum atomic E-state index is 11.0. The average molecular weight is 337 g/mol. The molecule has 1 aromatic carbocycles. The van der Waals surface area contributed by atoms with Crippen molar-refractivity contribution in [2.75, 3.05) is 6.54 Å². The molecule has 0 radical (unpaired) electrons. The molecule has 0 spiro atoms. The van der Waals surface area contributed by atoms with E-state index in [0.29, 0.717) is 17.2 Å². The highest BCUT2D eigenvalue weighted by atomic mass is 16.5. The minimum atomic E-state index is -0.509. The van der Waals surface area contributed by atoms with E-state index < -0.39 is 5.91 Å². The second kappa shape index (κ2) is 8.12. The minimum Gasteiger partial charge on any atom is -0.472 e. The standard InChI is InChI=1S/C19H19N3O3/c20-19(23)16-3-6-18(22-12-16)25-17-4-1-14(2-5-17)7-9-21-11-15-8-10-24-13-15/h1-6,8,10,12-13,21H,7,9,11H2,(H2,20,23). The van der Waals surface area contributed by atoms with E-state index in [2.05, 4.69) is 10.3 Å². The van der Waals surface area contributed by atoms with Crippen molar-refractivity contribution < 1.29 is 13.9 Å². The largest absolute Gasteiger partial charge is 0.472 e. The number of benzene rings is 1. The number of carbonyl (C=O) groups excluding carboxylic acids is 1. The van der Waals surface area contributed by atoms with Crippen LogP contribution >= 0.6 is 0 Å². The van der Waals surface area contributed by atoms with Crippen LogP contribution in [0.1, 0.15) is 21.5 Å². The summed E-state index contributed by atoms with van der Waals surface area (Å²) in [5, 5.41) is 3.37. The third-order valence-corrected chi connectivity index (χ3v) is 3.67. The quantitative estimate of drug-likeness (QED) is 0.617. The Labute approximate surface area is 145 Å². The zero-order valence-electron chi connectivity index (χ0n) is 13.6. The number of rotatable bonds is 8. The van der Waals surface area contributed by atoms with Crippen LogP contribution in [0.3, 0.4) is 0 Å². The number of nitrogens with one attached hydrogen (secondary N) is 1. The summed E-state index contributed by atoms with van der Waals surface area (Å²) in [6.07, 6.45) is 5.73. The molecule has 0 saturated carbocycles. The number of carbonyl (C=O) groups is 1. The van der Waals surface area contributed by atoms with Crippen LogP contribution in [0, 0.1) is 0 Å². The van der Waals surface area contributed by atoms with Crippen LogP contribution in [0.5, 0.6) is 11.6 Å². The van der Waals surface area contributed by atoms with Crippen molar-refractivity contribution in [3.63, 3.8) is 0 Å². The predicted octanol–water partition coefficient (Wildman–Crippen LogP) is 2.90. The van der Waals surface area contributed by atoms with Gasteiger partial charge in [0.1, 0.15) is 5.75 Å². The molecule has 0 saturated heterocycles. The maximum absolute atomic E-state index is 11.0. The number of ether oxygens (including phenoxy) is 1. The van der Waals surface area contributed by atoms with Gasteiger partial charge in [-0.1, -0.05) is 12.1 Å². The molecule has 0 aliphatic carbocycles. The predicted molar refractivity (Wildman–Crippen MR) is 93.4 cm³/mol. The van der Waals surface area contributed by atoms with E-state index in [-0.39, 0.29) is 0 Å². The SMILES string of the molecule is NC(=O)c1ccc(Oc2ccc(CCNCc3ccoc3)cc2)nc1. The Kier molecular flexibility index (Phi) is 5.43. The molecule has 2 aromatic heterocycles. The normalized spacial score (nSPS) is 10.6. The molecule has 3 rings (SSSR count). The number of nitrogens with two attached hydrogens (primary N) is 1. The fourth-order valence-electron chi connectivity index (χ4n) is 2.29. The van der Waals surface area contributed by atoms with Crippen molar-refractivity contribution in [3.8, 4) is 11.6 Å². The topological polar surface area (TPSA) is 90.4 Å². The first-order chi connectivity index (χ1) is 12.2. The Morgan fingerprint density at radius 3 is 2.60 bits per heavy atom. The van der Waals surface area contributed by atoms with E-state index >= 15 is 0 Å². The monoisotopic (exact) mass is 337 g/mol. The molecule has 128 valence electrons. The van der Waals surface area contributed by atoms with Crippen LogP contribution in [0.25, 0.3) is 0 Å². The molecule has 0 bridgehead atoms. The number of amides is 1. The number of hydrogen-bond acceptors (Lipinski definition) is 5. The fraction of sp³-hybridized carbons (Fsp3) is 0.158. The van der Waals surface area contributed by atoms with Crippen molar-refractivity contribution in [1.82, 2.24) is 10.3 Å². The molecule has 0 fully saturated rings. The first kappa shape index (κ1) is 16.7. The molecular weight excluding hydrogens is 318 g/mol. The van der Waals surface area contributed by atoms with Gasteiger partial charge in [0.05, 0.1) is 18.1 Å². The molecule has 1 amide bonds. The van der Waals surface area contributed by atoms with Gasteiger partial charge >= 0.3 is 0 Å². The Morgan fingerprint density at radius 1 is 1.12 bits per heavy atom. The zero-order chi connectivity index (χ0) is 17.5. The van der Waals surface area contributed by atoms with E-state index in [1.807, 2.05) is 30.3 Å². The average Bonchev–Trinajstić information content (AvgIpc) is 3.14. The third-order valence-electron chi connectivity index (χ3n) is 3.67. The highest BCUT2D eigenvalue weighted by Crippen LogP contribution is 2.20. The molecule has 6 heteroatoms. The van der Waals surface area contributed by atoms with Gasteiger partial charge in [0.15, 0.2) is 0 Å². The van der Waals surface area contributed by atoms with Crippen molar-refractivity contribution in [3.05, 3.63) is 77.9 Å². The molecule has 3 N–H and O–H groups in total. The lowest BCUT2D eigenvalue weighted by atomic mass is 10.1. The number of nitrogens with zero attached hydrogens (tertiary/aromatic N) is 1. The fourth-order valence-corrected chi connectivity index (χ4v) is 2.29. The van der Waals surface area contributed by atoms with E-state index in [1.54, 1.807) is 24.7 Å². The molecule has 0 unspecified atom stereocenters. The molecule has 0 aliphatic rings. The van der Waals surface area contributed by atoms with Crippen molar-refractivity contribution in [2.45, 2.75) is 13.0 Å². The lowest BCUT2D eigenvalue weighted by Gasteiger charge is -2.07. The smallest absolute Gasteiger partial charge is 0.250 e. The Hall–Kier alpha value is -3.12. The van der Waals surface area contributed by atoms with Gasteiger partial charge in [-0.25, -0.2) is 4.98 Å². The molecular formula is C19H19N3O3. The first-order valence-corrected chi connectivity index (χ1v) is 7.95. The summed E-state index contributed by atoms with van der Waals surface area (Å²) in [6, 6.07) is 13.0. The Morgan fingerprint density at radius 2 is 1.96 bits per heavy atom. The second-order valence-electron chi connectivity index (χ2n) is 5.55. The summed E-state index contributed by atoms with van der Waals surface area (Å²) < 4.78 is 10.7. The minimum absolute atomic E-state index is 0.352.